The summed E-state index contributed by atoms with van der Waals surface area (Å²) in [7, 11) is 0. The summed E-state index contributed by atoms with van der Waals surface area (Å²) in [5.41, 5.74) is 2.31. The second-order valence-electron chi connectivity index (χ2n) is 7.75. The lowest BCUT2D eigenvalue weighted by Gasteiger charge is -2.35. The molecule has 1 aliphatic heterocycles. The normalized spacial score (nSPS) is 18.7. The number of carbonyl (C=O) groups is 2. The van der Waals surface area contributed by atoms with Crippen molar-refractivity contribution in [1.29, 1.82) is 0 Å². The molecule has 31 heavy (non-hydrogen) atoms. The number of carbonyl (C=O) groups excluding carboxylic acids is 2. The van der Waals surface area contributed by atoms with Gasteiger partial charge >= 0.3 is 5.97 Å². The van der Waals surface area contributed by atoms with E-state index in [1.54, 1.807) is 41.3 Å². The molecule has 0 aliphatic carbocycles. The smallest absolute Gasteiger partial charge is 0.339 e. The van der Waals surface area contributed by atoms with Gasteiger partial charge in [-0.05, 0) is 50.2 Å². The van der Waals surface area contributed by atoms with Gasteiger partial charge in [0, 0.05) is 24.0 Å². The van der Waals surface area contributed by atoms with E-state index in [-0.39, 0.29) is 30.5 Å². The van der Waals surface area contributed by atoms with E-state index in [1.807, 2.05) is 32.0 Å². The van der Waals surface area contributed by atoms with E-state index in [0.717, 1.165) is 5.56 Å². The van der Waals surface area contributed by atoms with Gasteiger partial charge in [-0.2, -0.15) is 0 Å². The molecule has 1 fully saturated rings. The van der Waals surface area contributed by atoms with E-state index >= 15 is 0 Å². The SMILES string of the molecule is C[C@@H]1CN(C(=O)COC(=O)c2cc(-c3ccc(O)cc3)nc3ccccc23)C[C@@H](C)O1. The summed E-state index contributed by atoms with van der Waals surface area (Å²) in [6, 6.07) is 15.5. The molecule has 2 aromatic carbocycles. The van der Waals surface area contributed by atoms with Crippen LogP contribution in [-0.2, 0) is 14.3 Å². The van der Waals surface area contributed by atoms with Crippen molar-refractivity contribution in [2.75, 3.05) is 19.7 Å². The van der Waals surface area contributed by atoms with Crippen LogP contribution in [0.2, 0.25) is 0 Å². The quantitative estimate of drug-likeness (QED) is 0.651. The Morgan fingerprint density at radius 1 is 1.10 bits per heavy atom. The van der Waals surface area contributed by atoms with Crippen LogP contribution in [0.4, 0.5) is 0 Å². The maximum atomic E-state index is 12.9. The number of phenols is 1. The number of morpholine rings is 1. The third kappa shape index (κ3) is 4.67. The first-order valence-electron chi connectivity index (χ1n) is 10.2. The van der Waals surface area contributed by atoms with E-state index in [0.29, 0.717) is 35.2 Å². The van der Waals surface area contributed by atoms with Gasteiger partial charge in [0.15, 0.2) is 6.61 Å². The van der Waals surface area contributed by atoms with Crippen LogP contribution in [0.25, 0.3) is 22.2 Å². The maximum Gasteiger partial charge on any atom is 0.339 e. The Kier molecular flexibility index (Phi) is 5.86. The molecule has 0 saturated carbocycles. The van der Waals surface area contributed by atoms with Gasteiger partial charge in [-0.15, -0.1) is 0 Å². The lowest BCUT2D eigenvalue weighted by Crippen LogP contribution is -2.49. The van der Waals surface area contributed by atoms with E-state index in [1.165, 1.54) is 0 Å². The zero-order chi connectivity index (χ0) is 22.0. The molecular formula is C24H24N2O5. The van der Waals surface area contributed by atoms with Crippen molar-refractivity contribution in [2.24, 2.45) is 0 Å². The number of amides is 1. The number of rotatable bonds is 4. The topological polar surface area (TPSA) is 89.0 Å². The number of fused-ring (bicyclic) bond motifs is 1. The van der Waals surface area contributed by atoms with Crippen molar-refractivity contribution < 1.29 is 24.2 Å². The molecule has 0 radical (unpaired) electrons. The molecule has 1 amide bonds. The summed E-state index contributed by atoms with van der Waals surface area (Å²) in [6.07, 6.45) is -0.110. The first-order valence-corrected chi connectivity index (χ1v) is 10.2. The fourth-order valence-electron chi connectivity index (χ4n) is 3.80. The Morgan fingerprint density at radius 2 is 1.77 bits per heavy atom. The van der Waals surface area contributed by atoms with Crippen molar-refractivity contribution in [1.82, 2.24) is 9.88 Å². The minimum absolute atomic E-state index is 0.0552. The van der Waals surface area contributed by atoms with Crippen LogP contribution < -0.4 is 0 Å². The summed E-state index contributed by atoms with van der Waals surface area (Å²) in [6.45, 7) is 4.45. The van der Waals surface area contributed by atoms with Gasteiger partial charge < -0.3 is 19.5 Å². The molecule has 4 rings (SSSR count). The third-order valence-electron chi connectivity index (χ3n) is 5.20. The predicted molar refractivity (Wildman–Crippen MR) is 116 cm³/mol. The fraction of sp³-hybridized carbons (Fsp3) is 0.292. The van der Waals surface area contributed by atoms with Crippen molar-refractivity contribution in [3.63, 3.8) is 0 Å². The highest BCUT2D eigenvalue weighted by atomic mass is 16.5. The molecule has 1 saturated heterocycles. The van der Waals surface area contributed by atoms with Gasteiger partial charge in [0.25, 0.3) is 5.91 Å². The number of aromatic hydroxyl groups is 1. The van der Waals surface area contributed by atoms with Gasteiger partial charge in [-0.25, -0.2) is 9.78 Å². The number of phenolic OH excluding ortho intramolecular Hbond substituents is 1. The highest BCUT2D eigenvalue weighted by Crippen LogP contribution is 2.26. The Labute approximate surface area is 180 Å². The zero-order valence-corrected chi connectivity index (χ0v) is 17.4. The molecule has 1 aliphatic rings. The molecule has 2 atom stereocenters. The molecule has 7 nitrogen and oxygen atoms in total. The van der Waals surface area contributed by atoms with E-state index in [2.05, 4.69) is 4.98 Å². The number of ether oxygens (including phenoxy) is 2. The largest absolute Gasteiger partial charge is 0.508 e. The van der Waals surface area contributed by atoms with Crippen LogP contribution in [0.5, 0.6) is 5.75 Å². The average Bonchev–Trinajstić information content (AvgIpc) is 2.76. The van der Waals surface area contributed by atoms with Crippen molar-refractivity contribution in [3.8, 4) is 17.0 Å². The van der Waals surface area contributed by atoms with Gasteiger partial charge in [0.1, 0.15) is 5.75 Å². The van der Waals surface area contributed by atoms with Crippen molar-refractivity contribution in [3.05, 3.63) is 60.2 Å². The molecule has 0 spiro atoms. The molecule has 160 valence electrons. The van der Waals surface area contributed by atoms with E-state index in [9.17, 15) is 14.7 Å². The highest BCUT2D eigenvalue weighted by molar-refractivity contribution is 6.05. The monoisotopic (exact) mass is 420 g/mol. The molecule has 0 unspecified atom stereocenters. The number of hydrogen-bond acceptors (Lipinski definition) is 6. The van der Waals surface area contributed by atoms with E-state index < -0.39 is 5.97 Å². The van der Waals surface area contributed by atoms with Crippen molar-refractivity contribution >= 4 is 22.8 Å². The van der Waals surface area contributed by atoms with Crippen LogP contribution in [-0.4, -0.2) is 58.8 Å². The predicted octanol–water partition coefficient (Wildman–Crippen LogP) is 3.40. The van der Waals surface area contributed by atoms with Crippen LogP contribution >= 0.6 is 0 Å². The summed E-state index contributed by atoms with van der Waals surface area (Å²) >= 11 is 0. The van der Waals surface area contributed by atoms with Crippen LogP contribution in [0.1, 0.15) is 24.2 Å². The van der Waals surface area contributed by atoms with E-state index in [4.69, 9.17) is 9.47 Å². The van der Waals surface area contributed by atoms with Gasteiger partial charge in [-0.1, -0.05) is 18.2 Å². The minimum Gasteiger partial charge on any atom is -0.508 e. The standard InChI is InChI=1S/C24H24N2O5/c1-15-12-26(13-16(2)31-15)23(28)14-30-24(29)20-11-22(17-7-9-18(27)10-8-17)25-21-6-4-3-5-19(20)21/h3-11,15-16,27H,12-14H2,1-2H3/t15-,16-/m1/s1. The van der Waals surface area contributed by atoms with Crippen LogP contribution in [0, 0.1) is 0 Å². The summed E-state index contributed by atoms with van der Waals surface area (Å²) in [5, 5.41) is 10.2. The Balaban J connectivity index is 1.57. The maximum absolute atomic E-state index is 12.9. The summed E-state index contributed by atoms with van der Waals surface area (Å²) in [4.78, 5) is 31.8. The first-order chi connectivity index (χ1) is 14.9. The summed E-state index contributed by atoms with van der Waals surface area (Å²) in [5.74, 6) is -0.678. The number of nitrogens with zero attached hydrogens (tertiary/aromatic N) is 2. The lowest BCUT2D eigenvalue weighted by molar-refractivity contribution is -0.146. The Hall–Kier alpha value is -3.45. The fourth-order valence-corrected chi connectivity index (χ4v) is 3.80. The Morgan fingerprint density at radius 3 is 2.48 bits per heavy atom. The first kappa shape index (κ1) is 20.8. The third-order valence-corrected chi connectivity index (χ3v) is 5.20. The minimum atomic E-state index is -0.582. The number of pyridine rings is 1. The van der Waals surface area contributed by atoms with Gasteiger partial charge in [-0.3, -0.25) is 4.79 Å². The second kappa shape index (κ2) is 8.73. The molecular weight excluding hydrogens is 396 g/mol. The zero-order valence-electron chi connectivity index (χ0n) is 17.4. The molecule has 3 aromatic rings. The number of para-hydroxylation sites is 1. The molecule has 1 N–H and O–H groups in total. The second-order valence-corrected chi connectivity index (χ2v) is 7.75. The summed E-state index contributed by atoms with van der Waals surface area (Å²) < 4.78 is 11.0. The number of esters is 1. The number of aromatic nitrogens is 1. The average molecular weight is 420 g/mol. The van der Waals surface area contributed by atoms with Crippen LogP contribution in [0.15, 0.2) is 54.6 Å². The van der Waals surface area contributed by atoms with Crippen molar-refractivity contribution in [2.45, 2.75) is 26.1 Å². The Bertz CT molecular complexity index is 1100. The lowest BCUT2D eigenvalue weighted by atomic mass is 10.0. The molecule has 1 aromatic heterocycles. The molecule has 7 heteroatoms. The van der Waals surface area contributed by atoms with Gasteiger partial charge in [0.05, 0.1) is 29.0 Å². The molecule has 2 heterocycles. The molecule has 0 bridgehead atoms. The number of benzene rings is 2. The van der Waals surface area contributed by atoms with Gasteiger partial charge in [0.2, 0.25) is 0 Å². The highest BCUT2D eigenvalue weighted by Gasteiger charge is 2.27. The van der Waals surface area contributed by atoms with Crippen LogP contribution in [0.3, 0.4) is 0 Å². The number of hydrogen-bond donors (Lipinski definition) is 1.